The zero-order chi connectivity index (χ0) is 11.3. The van der Waals surface area contributed by atoms with Crippen LogP contribution in [0.4, 0.5) is 0 Å². The minimum absolute atomic E-state index is 0.0274. The molecule has 3 atom stereocenters. The topological polar surface area (TPSA) is 17.1 Å². The summed E-state index contributed by atoms with van der Waals surface area (Å²) in [6, 6.07) is 0. The molecular formula is C12H16Cl2O. The molecule has 1 nitrogen and oxygen atoms in total. The number of Topliss-reactive ketones (excluding diaryl/α,β-unsaturated/α-hetero) is 1. The maximum Gasteiger partial charge on any atom is 0.182 e. The smallest absolute Gasteiger partial charge is 0.182 e. The van der Waals surface area contributed by atoms with E-state index in [1.54, 1.807) is 0 Å². The molecule has 0 aliphatic heterocycles. The molecule has 2 aliphatic rings. The van der Waals surface area contributed by atoms with E-state index in [4.69, 9.17) is 23.2 Å². The Morgan fingerprint density at radius 1 is 1.33 bits per heavy atom. The predicted octanol–water partition coefficient (Wildman–Crippen LogP) is 3.74. The van der Waals surface area contributed by atoms with E-state index in [0.717, 1.165) is 12.8 Å². The van der Waals surface area contributed by atoms with Crippen LogP contribution >= 0.6 is 23.2 Å². The largest absolute Gasteiger partial charge is 0.296 e. The average molecular weight is 247 g/mol. The monoisotopic (exact) mass is 246 g/mol. The van der Waals surface area contributed by atoms with Gasteiger partial charge in [-0.25, -0.2) is 0 Å². The summed E-state index contributed by atoms with van der Waals surface area (Å²) in [4.78, 5) is 11.4. The van der Waals surface area contributed by atoms with Crippen molar-refractivity contribution >= 4 is 29.0 Å². The fourth-order valence-electron chi connectivity index (χ4n) is 2.62. The van der Waals surface area contributed by atoms with Crippen LogP contribution in [0, 0.1) is 17.3 Å². The SMILES string of the molecule is CC1C=CC(C2(C)CC(=O)C2(Cl)Cl)CC1. The Kier molecular flexibility index (Phi) is 2.67. The normalized spacial score (nSPS) is 43.9. The van der Waals surface area contributed by atoms with Crippen molar-refractivity contribution in [2.24, 2.45) is 17.3 Å². The minimum Gasteiger partial charge on any atom is -0.296 e. The number of alkyl halides is 2. The molecule has 0 spiro atoms. The molecule has 0 heterocycles. The second kappa shape index (κ2) is 3.49. The van der Waals surface area contributed by atoms with Gasteiger partial charge in [-0.15, -0.1) is 0 Å². The zero-order valence-electron chi connectivity index (χ0n) is 9.09. The van der Waals surface area contributed by atoms with Crippen LogP contribution < -0.4 is 0 Å². The fourth-order valence-corrected chi connectivity index (χ4v) is 3.17. The van der Waals surface area contributed by atoms with Gasteiger partial charge in [-0.1, -0.05) is 49.2 Å². The maximum atomic E-state index is 11.4. The Morgan fingerprint density at radius 3 is 2.40 bits per heavy atom. The molecule has 1 saturated carbocycles. The number of carbonyl (C=O) groups is 1. The van der Waals surface area contributed by atoms with Crippen molar-refractivity contribution in [3.05, 3.63) is 12.2 Å². The van der Waals surface area contributed by atoms with E-state index >= 15 is 0 Å². The van der Waals surface area contributed by atoms with Crippen LogP contribution in [-0.2, 0) is 4.79 Å². The lowest BCUT2D eigenvalue weighted by Crippen LogP contribution is -2.59. The van der Waals surface area contributed by atoms with Gasteiger partial charge in [0.15, 0.2) is 10.1 Å². The second-order valence-electron chi connectivity index (χ2n) is 5.14. The Labute approximate surface area is 101 Å². The van der Waals surface area contributed by atoms with Crippen LogP contribution in [0.3, 0.4) is 0 Å². The molecule has 0 aromatic carbocycles. The van der Waals surface area contributed by atoms with E-state index in [1.165, 1.54) is 0 Å². The maximum absolute atomic E-state index is 11.4. The van der Waals surface area contributed by atoms with Gasteiger partial charge in [0.05, 0.1) is 0 Å². The van der Waals surface area contributed by atoms with Crippen molar-refractivity contribution in [1.82, 2.24) is 0 Å². The first kappa shape index (κ1) is 11.5. The Hall–Kier alpha value is -0.0100. The minimum atomic E-state index is -1.16. The molecule has 0 radical (unpaired) electrons. The highest BCUT2D eigenvalue weighted by Gasteiger charge is 2.64. The molecule has 1 fully saturated rings. The summed E-state index contributed by atoms with van der Waals surface area (Å²) in [5.74, 6) is 0.961. The first-order valence-electron chi connectivity index (χ1n) is 5.47. The van der Waals surface area contributed by atoms with E-state index in [-0.39, 0.29) is 11.2 Å². The van der Waals surface area contributed by atoms with E-state index in [2.05, 4.69) is 19.1 Å². The molecule has 0 amide bonds. The summed E-state index contributed by atoms with van der Waals surface area (Å²) in [6.45, 7) is 4.23. The van der Waals surface area contributed by atoms with E-state index in [9.17, 15) is 4.79 Å². The third-order valence-electron chi connectivity index (χ3n) is 4.02. The molecule has 84 valence electrons. The molecule has 3 heteroatoms. The Morgan fingerprint density at radius 2 is 2.00 bits per heavy atom. The van der Waals surface area contributed by atoms with Crippen molar-refractivity contribution in [2.75, 3.05) is 0 Å². The van der Waals surface area contributed by atoms with Gasteiger partial charge in [-0.2, -0.15) is 0 Å². The van der Waals surface area contributed by atoms with Crippen molar-refractivity contribution in [3.8, 4) is 0 Å². The number of carbonyl (C=O) groups excluding carboxylic acids is 1. The van der Waals surface area contributed by atoms with Crippen molar-refractivity contribution in [3.63, 3.8) is 0 Å². The summed E-state index contributed by atoms with van der Waals surface area (Å²) in [6.07, 6.45) is 7.17. The molecule has 0 aromatic rings. The van der Waals surface area contributed by atoms with Gasteiger partial charge in [0.1, 0.15) is 0 Å². The van der Waals surface area contributed by atoms with Crippen LogP contribution in [0.25, 0.3) is 0 Å². The molecule has 0 N–H and O–H groups in total. The molecule has 2 aliphatic carbocycles. The van der Waals surface area contributed by atoms with Crippen molar-refractivity contribution in [2.45, 2.75) is 37.4 Å². The lowest BCUT2D eigenvalue weighted by atomic mass is 9.58. The number of rotatable bonds is 1. The van der Waals surface area contributed by atoms with E-state index in [0.29, 0.717) is 18.3 Å². The van der Waals surface area contributed by atoms with Crippen LogP contribution in [0.15, 0.2) is 12.2 Å². The Balaban J connectivity index is 2.18. The van der Waals surface area contributed by atoms with Crippen LogP contribution in [-0.4, -0.2) is 10.1 Å². The zero-order valence-corrected chi connectivity index (χ0v) is 10.6. The molecule has 0 bridgehead atoms. The Bertz CT molecular complexity index is 322. The van der Waals surface area contributed by atoms with Gasteiger partial charge in [0.2, 0.25) is 0 Å². The lowest BCUT2D eigenvalue weighted by Gasteiger charge is -2.52. The summed E-state index contributed by atoms with van der Waals surface area (Å²) in [5.41, 5.74) is -0.260. The number of ketones is 1. The van der Waals surface area contributed by atoms with E-state index < -0.39 is 4.33 Å². The second-order valence-corrected chi connectivity index (χ2v) is 6.47. The summed E-state index contributed by atoms with van der Waals surface area (Å²) < 4.78 is -1.16. The van der Waals surface area contributed by atoms with Crippen molar-refractivity contribution in [1.29, 1.82) is 0 Å². The lowest BCUT2D eigenvalue weighted by molar-refractivity contribution is -0.136. The van der Waals surface area contributed by atoms with Gasteiger partial charge in [0.25, 0.3) is 0 Å². The third-order valence-corrected chi connectivity index (χ3v) is 5.30. The number of allylic oxidation sites excluding steroid dienone is 2. The first-order valence-corrected chi connectivity index (χ1v) is 6.23. The number of hydrogen-bond acceptors (Lipinski definition) is 1. The summed E-state index contributed by atoms with van der Waals surface area (Å²) in [7, 11) is 0. The highest BCUT2D eigenvalue weighted by Crippen LogP contribution is 2.60. The van der Waals surface area contributed by atoms with Crippen LogP contribution in [0.2, 0.25) is 0 Å². The fraction of sp³-hybridized carbons (Fsp3) is 0.750. The number of halogens is 2. The van der Waals surface area contributed by atoms with Crippen molar-refractivity contribution < 1.29 is 4.79 Å². The van der Waals surface area contributed by atoms with Gasteiger partial charge in [-0.3, -0.25) is 4.79 Å². The predicted molar refractivity (Wildman–Crippen MR) is 63.2 cm³/mol. The third kappa shape index (κ3) is 1.55. The standard InChI is InChI=1S/C12H16Cl2O/c1-8-3-5-9(6-4-8)11(2)7-10(15)12(11,13)14/h3,5,8-9H,4,6-7H2,1-2H3. The molecule has 0 aromatic heterocycles. The first-order chi connectivity index (χ1) is 6.88. The molecule has 2 rings (SSSR count). The molecule has 3 unspecified atom stereocenters. The van der Waals surface area contributed by atoms with E-state index in [1.807, 2.05) is 6.92 Å². The van der Waals surface area contributed by atoms with Gasteiger partial charge in [-0.05, 0) is 24.7 Å². The highest BCUT2D eigenvalue weighted by atomic mass is 35.5. The molecule has 15 heavy (non-hydrogen) atoms. The quantitative estimate of drug-likeness (QED) is 0.509. The average Bonchev–Trinajstić information content (AvgIpc) is 2.18. The molecular weight excluding hydrogens is 231 g/mol. The summed E-state index contributed by atoms with van der Waals surface area (Å²) >= 11 is 12.2. The molecule has 0 saturated heterocycles. The van der Waals surface area contributed by atoms with Gasteiger partial charge >= 0.3 is 0 Å². The van der Waals surface area contributed by atoms with Crippen LogP contribution in [0.1, 0.15) is 33.1 Å². The highest BCUT2D eigenvalue weighted by molar-refractivity contribution is 6.61. The number of hydrogen-bond donors (Lipinski definition) is 0. The van der Waals surface area contributed by atoms with Gasteiger partial charge in [0, 0.05) is 11.8 Å². The summed E-state index contributed by atoms with van der Waals surface area (Å²) in [5, 5.41) is 0. The van der Waals surface area contributed by atoms with Crippen LogP contribution in [0.5, 0.6) is 0 Å². The van der Waals surface area contributed by atoms with Gasteiger partial charge < -0.3 is 0 Å².